The molecule has 0 aliphatic heterocycles. The van der Waals surface area contributed by atoms with Gasteiger partial charge in [-0.15, -0.1) is 0 Å². The summed E-state index contributed by atoms with van der Waals surface area (Å²) < 4.78 is 0. The number of aliphatic hydroxyl groups is 2. The molecule has 4 atom stereocenters. The maximum Gasteiger partial charge on any atom is 0.402 e. The average Bonchev–Trinajstić information content (AvgIpc) is 1.84. The van der Waals surface area contributed by atoms with E-state index in [2.05, 4.69) is 5.73 Å². The first-order chi connectivity index (χ1) is 5.54. The zero-order chi connectivity index (χ0) is 9.30. The second-order valence-corrected chi connectivity index (χ2v) is 3.22. The fraction of sp³-hybridized carbons (Fsp3) is 0.857. The molecule has 0 heterocycles. The molecule has 0 saturated heterocycles. The van der Waals surface area contributed by atoms with Gasteiger partial charge in [0.1, 0.15) is 0 Å². The van der Waals surface area contributed by atoms with Crippen molar-refractivity contribution in [3.05, 3.63) is 0 Å². The van der Waals surface area contributed by atoms with Crippen LogP contribution in [0.4, 0.5) is 4.79 Å². The zero-order valence-electron chi connectivity index (χ0n) is 6.55. The van der Waals surface area contributed by atoms with E-state index < -0.39 is 6.09 Å². The van der Waals surface area contributed by atoms with Crippen LogP contribution in [0.2, 0.25) is 0 Å². The van der Waals surface area contributed by atoms with Crippen LogP contribution in [0.1, 0.15) is 12.8 Å². The fourth-order valence-corrected chi connectivity index (χ4v) is 1.76. The van der Waals surface area contributed by atoms with Crippen LogP contribution in [-0.4, -0.2) is 33.6 Å². The molecule has 1 amide bonds. The van der Waals surface area contributed by atoms with Crippen LogP contribution in [0.5, 0.6) is 0 Å². The Hall–Kier alpha value is -0.810. The number of aliphatic hydroxyl groups excluding tert-OH is 2. The summed E-state index contributed by atoms with van der Waals surface area (Å²) in [7, 11) is 0. The molecule has 5 heteroatoms. The first kappa shape index (κ1) is 9.28. The van der Waals surface area contributed by atoms with Gasteiger partial charge in [0.15, 0.2) is 0 Å². The van der Waals surface area contributed by atoms with E-state index in [1.54, 1.807) is 0 Å². The molecule has 2 aliphatic rings. The van der Waals surface area contributed by atoms with Gasteiger partial charge in [-0.05, 0) is 24.7 Å². The van der Waals surface area contributed by atoms with Crippen molar-refractivity contribution in [3.8, 4) is 0 Å². The predicted octanol–water partition coefficient (Wildman–Crippen LogP) is -0.629. The van der Waals surface area contributed by atoms with Crippen LogP contribution in [0, 0.1) is 11.8 Å². The Morgan fingerprint density at radius 2 is 1.42 bits per heavy atom. The van der Waals surface area contributed by atoms with Gasteiger partial charge < -0.3 is 21.1 Å². The molecule has 0 aromatic carbocycles. The van der Waals surface area contributed by atoms with Crippen LogP contribution in [0.25, 0.3) is 0 Å². The van der Waals surface area contributed by atoms with Crippen LogP contribution in [0.3, 0.4) is 0 Å². The monoisotopic (exact) mass is 175 g/mol. The molecule has 0 radical (unpaired) electrons. The summed E-state index contributed by atoms with van der Waals surface area (Å²) in [5.41, 5.74) is 4.03. The van der Waals surface area contributed by atoms with E-state index in [0.717, 1.165) is 12.8 Å². The van der Waals surface area contributed by atoms with Crippen molar-refractivity contribution in [2.24, 2.45) is 17.6 Å². The van der Waals surface area contributed by atoms with E-state index in [-0.39, 0.29) is 12.2 Å². The van der Waals surface area contributed by atoms with Gasteiger partial charge in [-0.3, -0.25) is 0 Å². The number of hydrogen-bond acceptors (Lipinski definition) is 3. The smallest absolute Gasteiger partial charge is 0.402 e. The average molecular weight is 175 g/mol. The van der Waals surface area contributed by atoms with Gasteiger partial charge in [-0.1, -0.05) is 0 Å². The van der Waals surface area contributed by atoms with Crippen LogP contribution in [0.15, 0.2) is 0 Å². The Morgan fingerprint density at radius 1 is 1.17 bits per heavy atom. The molecule has 0 spiro atoms. The molecule has 0 aromatic rings. The first-order valence-electron chi connectivity index (χ1n) is 3.88. The molecule has 2 aliphatic carbocycles. The summed E-state index contributed by atoms with van der Waals surface area (Å²) in [5.74, 6) is 0.926. The minimum Gasteiger partial charge on any atom is -0.465 e. The largest absolute Gasteiger partial charge is 0.465 e. The van der Waals surface area contributed by atoms with E-state index in [9.17, 15) is 0 Å². The molecule has 12 heavy (non-hydrogen) atoms. The number of primary amides is 1. The van der Waals surface area contributed by atoms with Gasteiger partial charge >= 0.3 is 6.09 Å². The van der Waals surface area contributed by atoms with E-state index in [0.29, 0.717) is 11.8 Å². The lowest BCUT2D eigenvalue weighted by molar-refractivity contribution is -0.199. The molecule has 5 nitrogen and oxygen atoms in total. The van der Waals surface area contributed by atoms with Crippen molar-refractivity contribution in [2.75, 3.05) is 0 Å². The first-order valence-corrected chi connectivity index (χ1v) is 3.88. The summed E-state index contributed by atoms with van der Waals surface area (Å²) in [6.07, 6.45) is 0.161. The Labute approximate surface area is 69.8 Å². The van der Waals surface area contributed by atoms with Crippen molar-refractivity contribution < 1.29 is 20.1 Å². The summed E-state index contributed by atoms with van der Waals surface area (Å²) in [4.78, 5) is 8.78. The third-order valence-corrected chi connectivity index (χ3v) is 2.61. The maximum atomic E-state index is 8.96. The number of carboxylic acid groups (broad SMARTS) is 1. The zero-order valence-corrected chi connectivity index (χ0v) is 6.55. The molecule has 0 aromatic heterocycles. The van der Waals surface area contributed by atoms with E-state index in [1.165, 1.54) is 0 Å². The van der Waals surface area contributed by atoms with Gasteiger partial charge in [0.05, 0.1) is 12.2 Å². The number of carbonyl (C=O) groups is 1. The van der Waals surface area contributed by atoms with Crippen molar-refractivity contribution >= 4 is 6.09 Å². The number of fused-ring (bicyclic) bond motifs is 1. The quantitative estimate of drug-likeness (QED) is 0.393. The molecule has 2 fully saturated rings. The third kappa shape index (κ3) is 1.51. The van der Waals surface area contributed by atoms with Gasteiger partial charge in [-0.25, -0.2) is 4.79 Å². The van der Waals surface area contributed by atoms with Crippen molar-refractivity contribution in [3.63, 3.8) is 0 Å². The van der Waals surface area contributed by atoms with E-state index in [4.69, 9.17) is 20.1 Å². The molecule has 2 saturated carbocycles. The maximum absolute atomic E-state index is 8.96. The fourth-order valence-electron chi connectivity index (χ4n) is 1.76. The Balaban J connectivity index is 0.000000157. The number of hydrogen-bond donors (Lipinski definition) is 4. The molecule has 70 valence electrons. The van der Waals surface area contributed by atoms with Gasteiger partial charge in [0, 0.05) is 0 Å². The predicted molar refractivity (Wildman–Crippen MR) is 40.4 cm³/mol. The number of nitrogens with two attached hydrogens (primary N) is 1. The Morgan fingerprint density at radius 3 is 1.50 bits per heavy atom. The minimum atomic E-state index is -1.33. The minimum absolute atomic E-state index is 0.381. The highest BCUT2D eigenvalue weighted by molar-refractivity contribution is 5.61. The number of amides is 1. The van der Waals surface area contributed by atoms with Crippen LogP contribution in [-0.2, 0) is 0 Å². The van der Waals surface area contributed by atoms with Crippen LogP contribution < -0.4 is 5.73 Å². The highest BCUT2D eigenvalue weighted by Gasteiger charge is 2.53. The SMILES string of the molecule is NC(=O)O.OC1C(O)C2CCC12. The highest BCUT2D eigenvalue weighted by atomic mass is 16.4. The lowest BCUT2D eigenvalue weighted by Crippen LogP contribution is -2.60. The number of rotatable bonds is 0. The standard InChI is InChI=1S/C6H10O2.CH3NO2/c7-5-3-1-2-4(3)6(5)8;2-1(3)4/h3-8H,1-2H2;2H2,(H,3,4). The summed E-state index contributed by atoms with van der Waals surface area (Å²) in [6.45, 7) is 0. The van der Waals surface area contributed by atoms with Crippen molar-refractivity contribution in [1.82, 2.24) is 0 Å². The van der Waals surface area contributed by atoms with Crippen molar-refractivity contribution in [2.45, 2.75) is 25.0 Å². The second kappa shape index (κ2) is 3.28. The molecular weight excluding hydrogens is 162 g/mol. The van der Waals surface area contributed by atoms with Gasteiger partial charge in [-0.2, -0.15) is 0 Å². The second-order valence-electron chi connectivity index (χ2n) is 3.22. The molecule has 0 bridgehead atoms. The van der Waals surface area contributed by atoms with Gasteiger partial charge in [0.25, 0.3) is 0 Å². The third-order valence-electron chi connectivity index (χ3n) is 2.61. The normalized spacial score (nSPS) is 42.5. The Kier molecular flexibility index (Phi) is 2.54. The Bertz CT molecular complexity index is 154. The molecule has 2 rings (SSSR count). The van der Waals surface area contributed by atoms with Gasteiger partial charge in [0.2, 0.25) is 0 Å². The highest BCUT2D eigenvalue weighted by Crippen LogP contribution is 2.49. The van der Waals surface area contributed by atoms with E-state index >= 15 is 0 Å². The summed E-state index contributed by atoms with van der Waals surface area (Å²) in [6, 6.07) is 0. The van der Waals surface area contributed by atoms with E-state index in [1.807, 2.05) is 0 Å². The topological polar surface area (TPSA) is 104 Å². The summed E-state index contributed by atoms with van der Waals surface area (Å²) in [5, 5.41) is 25.1. The van der Waals surface area contributed by atoms with Crippen LogP contribution >= 0.6 is 0 Å². The summed E-state index contributed by atoms with van der Waals surface area (Å²) >= 11 is 0. The molecular formula is C7H13NO4. The lowest BCUT2D eigenvalue weighted by Gasteiger charge is -2.54. The lowest BCUT2D eigenvalue weighted by atomic mass is 9.56. The molecule has 5 N–H and O–H groups in total. The molecule has 4 unspecified atom stereocenters. The van der Waals surface area contributed by atoms with Crippen molar-refractivity contribution in [1.29, 1.82) is 0 Å².